The normalized spacial score (nSPS) is 23.1. The van der Waals surface area contributed by atoms with Gasteiger partial charge in [0.1, 0.15) is 11.6 Å². The van der Waals surface area contributed by atoms with Crippen LogP contribution in [0.3, 0.4) is 0 Å². The number of hydrogen-bond donors (Lipinski definition) is 0. The molecule has 1 saturated carbocycles. The minimum atomic E-state index is -0.248. The van der Waals surface area contributed by atoms with Crippen LogP contribution < -0.4 is 0 Å². The molecule has 0 aromatic heterocycles. The Morgan fingerprint density at radius 3 is 2.50 bits per heavy atom. The SMILES string of the molecule is Cc1ccc(F)cc1CC(=O)C1CCC(C(C)C)CC1. The van der Waals surface area contributed by atoms with Crippen LogP contribution >= 0.6 is 0 Å². The number of carbonyl (C=O) groups is 1. The Morgan fingerprint density at radius 1 is 1.25 bits per heavy atom. The fourth-order valence-corrected chi connectivity index (χ4v) is 3.27. The molecule has 0 bridgehead atoms. The molecule has 20 heavy (non-hydrogen) atoms. The van der Waals surface area contributed by atoms with E-state index in [2.05, 4.69) is 13.8 Å². The van der Waals surface area contributed by atoms with Gasteiger partial charge in [-0.05, 0) is 67.7 Å². The molecule has 1 fully saturated rings. The average molecular weight is 276 g/mol. The lowest BCUT2D eigenvalue weighted by Crippen LogP contribution is -2.25. The third kappa shape index (κ3) is 3.68. The van der Waals surface area contributed by atoms with Gasteiger partial charge in [0.15, 0.2) is 0 Å². The van der Waals surface area contributed by atoms with Crippen molar-refractivity contribution in [1.29, 1.82) is 0 Å². The van der Waals surface area contributed by atoms with Crippen LogP contribution in [0.4, 0.5) is 4.39 Å². The lowest BCUT2D eigenvalue weighted by molar-refractivity contribution is -0.123. The number of carbonyl (C=O) groups excluding carboxylic acids is 1. The summed E-state index contributed by atoms with van der Waals surface area (Å²) in [5, 5.41) is 0. The minimum absolute atomic E-state index is 0.188. The first-order valence-corrected chi connectivity index (χ1v) is 7.75. The van der Waals surface area contributed by atoms with Crippen molar-refractivity contribution in [1.82, 2.24) is 0 Å². The van der Waals surface area contributed by atoms with Crippen molar-refractivity contribution in [3.8, 4) is 0 Å². The monoisotopic (exact) mass is 276 g/mol. The van der Waals surface area contributed by atoms with Gasteiger partial charge in [0.05, 0.1) is 0 Å². The van der Waals surface area contributed by atoms with E-state index >= 15 is 0 Å². The van der Waals surface area contributed by atoms with E-state index < -0.39 is 0 Å². The van der Waals surface area contributed by atoms with E-state index in [0.29, 0.717) is 12.2 Å². The van der Waals surface area contributed by atoms with Gasteiger partial charge < -0.3 is 0 Å². The van der Waals surface area contributed by atoms with Crippen LogP contribution in [0.1, 0.15) is 50.7 Å². The first-order chi connectivity index (χ1) is 9.47. The molecular weight excluding hydrogens is 251 g/mol. The van der Waals surface area contributed by atoms with Crippen LogP contribution in [0.5, 0.6) is 0 Å². The van der Waals surface area contributed by atoms with Crippen molar-refractivity contribution in [2.24, 2.45) is 17.8 Å². The molecule has 1 nitrogen and oxygen atoms in total. The average Bonchev–Trinajstić information content (AvgIpc) is 2.43. The largest absolute Gasteiger partial charge is 0.299 e. The molecule has 0 heterocycles. The Balaban J connectivity index is 1.94. The Labute approximate surface area is 121 Å². The molecule has 0 saturated heterocycles. The molecule has 0 aliphatic heterocycles. The maximum atomic E-state index is 13.3. The maximum absolute atomic E-state index is 13.3. The van der Waals surface area contributed by atoms with E-state index in [9.17, 15) is 9.18 Å². The zero-order valence-corrected chi connectivity index (χ0v) is 12.8. The van der Waals surface area contributed by atoms with Gasteiger partial charge in [-0.25, -0.2) is 4.39 Å². The molecule has 0 unspecified atom stereocenters. The van der Waals surface area contributed by atoms with Gasteiger partial charge in [0.25, 0.3) is 0 Å². The first-order valence-electron chi connectivity index (χ1n) is 7.75. The summed E-state index contributed by atoms with van der Waals surface area (Å²) in [7, 11) is 0. The van der Waals surface area contributed by atoms with Gasteiger partial charge >= 0.3 is 0 Å². The van der Waals surface area contributed by atoms with E-state index in [-0.39, 0.29) is 11.7 Å². The molecule has 0 radical (unpaired) electrons. The van der Waals surface area contributed by atoms with Gasteiger partial charge in [-0.15, -0.1) is 0 Å². The van der Waals surface area contributed by atoms with E-state index in [1.165, 1.54) is 12.1 Å². The molecule has 0 atom stereocenters. The third-order valence-corrected chi connectivity index (χ3v) is 4.85. The Morgan fingerprint density at radius 2 is 1.90 bits per heavy atom. The number of rotatable bonds is 4. The van der Waals surface area contributed by atoms with Crippen molar-refractivity contribution >= 4 is 5.78 Å². The minimum Gasteiger partial charge on any atom is -0.299 e. The zero-order chi connectivity index (χ0) is 14.7. The maximum Gasteiger partial charge on any atom is 0.140 e. The second-order valence-electron chi connectivity index (χ2n) is 6.57. The summed E-state index contributed by atoms with van der Waals surface area (Å²) in [5.74, 6) is 1.72. The van der Waals surface area contributed by atoms with E-state index in [0.717, 1.165) is 48.6 Å². The van der Waals surface area contributed by atoms with E-state index in [1.54, 1.807) is 6.07 Å². The second kappa shape index (κ2) is 6.51. The smallest absolute Gasteiger partial charge is 0.140 e. The molecule has 0 spiro atoms. The Hall–Kier alpha value is -1.18. The van der Waals surface area contributed by atoms with Gasteiger partial charge in [0.2, 0.25) is 0 Å². The molecule has 0 N–H and O–H groups in total. The predicted octanol–water partition coefficient (Wildman–Crippen LogP) is 4.71. The van der Waals surface area contributed by atoms with E-state index in [1.807, 2.05) is 6.92 Å². The quantitative estimate of drug-likeness (QED) is 0.778. The topological polar surface area (TPSA) is 17.1 Å². The van der Waals surface area contributed by atoms with Crippen molar-refractivity contribution < 1.29 is 9.18 Å². The highest BCUT2D eigenvalue weighted by Gasteiger charge is 2.27. The van der Waals surface area contributed by atoms with E-state index in [4.69, 9.17) is 0 Å². The molecule has 110 valence electrons. The van der Waals surface area contributed by atoms with Crippen molar-refractivity contribution in [3.05, 3.63) is 35.1 Å². The second-order valence-corrected chi connectivity index (χ2v) is 6.57. The number of hydrogen-bond acceptors (Lipinski definition) is 1. The van der Waals surface area contributed by atoms with Crippen LogP contribution in [-0.2, 0) is 11.2 Å². The van der Waals surface area contributed by atoms with Crippen LogP contribution in [0, 0.1) is 30.5 Å². The highest BCUT2D eigenvalue weighted by atomic mass is 19.1. The molecule has 0 amide bonds. The number of ketones is 1. The van der Waals surface area contributed by atoms with Crippen LogP contribution in [0.25, 0.3) is 0 Å². The number of halogens is 1. The van der Waals surface area contributed by atoms with Gasteiger partial charge in [-0.2, -0.15) is 0 Å². The highest BCUT2D eigenvalue weighted by Crippen LogP contribution is 2.34. The molecule has 2 rings (SSSR count). The summed E-state index contributed by atoms with van der Waals surface area (Å²) >= 11 is 0. The zero-order valence-electron chi connectivity index (χ0n) is 12.8. The molecule has 1 aromatic rings. The molecule has 2 heteroatoms. The lowest BCUT2D eigenvalue weighted by atomic mass is 9.75. The van der Waals surface area contributed by atoms with Gasteiger partial charge in [-0.1, -0.05) is 19.9 Å². The molecule has 1 aromatic carbocycles. The number of Topliss-reactive ketones (excluding diaryl/α,β-unsaturated/α-hetero) is 1. The lowest BCUT2D eigenvalue weighted by Gasteiger charge is -2.30. The standard InChI is InChI=1S/C18H25FO/c1-12(2)14-5-7-15(8-6-14)18(20)11-16-10-17(19)9-4-13(16)3/h4,9-10,12,14-15H,5-8,11H2,1-3H3. The third-order valence-electron chi connectivity index (χ3n) is 4.85. The fourth-order valence-electron chi connectivity index (χ4n) is 3.27. The summed E-state index contributed by atoms with van der Waals surface area (Å²) < 4.78 is 13.3. The van der Waals surface area contributed by atoms with Gasteiger partial charge in [-0.3, -0.25) is 4.79 Å². The first kappa shape index (κ1) is 15.2. The van der Waals surface area contributed by atoms with Crippen molar-refractivity contribution in [2.75, 3.05) is 0 Å². The van der Waals surface area contributed by atoms with Crippen LogP contribution in [0.2, 0.25) is 0 Å². The van der Waals surface area contributed by atoms with Gasteiger partial charge in [0, 0.05) is 12.3 Å². The van der Waals surface area contributed by atoms with Crippen LogP contribution in [-0.4, -0.2) is 5.78 Å². The Kier molecular flexibility index (Phi) is 4.95. The highest BCUT2D eigenvalue weighted by molar-refractivity contribution is 5.83. The van der Waals surface area contributed by atoms with Crippen molar-refractivity contribution in [3.63, 3.8) is 0 Å². The summed E-state index contributed by atoms with van der Waals surface area (Å²) in [6.07, 6.45) is 4.74. The van der Waals surface area contributed by atoms with Crippen molar-refractivity contribution in [2.45, 2.75) is 52.9 Å². The molecule has 1 aliphatic rings. The number of aryl methyl sites for hydroxylation is 1. The Bertz CT molecular complexity index is 470. The number of benzene rings is 1. The van der Waals surface area contributed by atoms with Crippen LogP contribution in [0.15, 0.2) is 18.2 Å². The predicted molar refractivity (Wildman–Crippen MR) is 80.1 cm³/mol. The summed E-state index contributed by atoms with van der Waals surface area (Å²) in [4.78, 5) is 12.4. The summed E-state index contributed by atoms with van der Waals surface area (Å²) in [6, 6.07) is 4.72. The fraction of sp³-hybridized carbons (Fsp3) is 0.611. The summed E-state index contributed by atoms with van der Waals surface area (Å²) in [5.41, 5.74) is 1.86. The molecule has 1 aliphatic carbocycles. The molecular formula is C18H25FO. The summed E-state index contributed by atoms with van der Waals surface area (Å²) in [6.45, 7) is 6.48.